The second-order valence-corrected chi connectivity index (χ2v) is 6.79. The topological polar surface area (TPSA) is 29.4 Å². The van der Waals surface area contributed by atoms with Crippen LogP contribution in [0.1, 0.15) is 17.3 Å². The molecule has 0 spiro atoms. The average molecular weight is 381 g/mol. The molecule has 4 rings (SSSR count). The Hall–Kier alpha value is -2.86. The number of benzene rings is 2. The summed E-state index contributed by atoms with van der Waals surface area (Å²) < 4.78 is 22.0. The standard InChI is InChI=1S/C21H20FN3OS/c1-26-16-7-4-6-15(14-16)23-21(27)25-13-12-24-11-5-10-19(24)20(25)17-8-2-3-9-18(17)22/h2-11,14,20H,12-13H2,1H3,(H,23,27). The molecule has 0 fully saturated rings. The molecule has 1 atom stereocenters. The van der Waals surface area contributed by atoms with Crippen LogP contribution in [0, 0.1) is 5.82 Å². The second-order valence-electron chi connectivity index (χ2n) is 6.41. The van der Waals surface area contributed by atoms with Gasteiger partial charge in [-0.2, -0.15) is 0 Å². The maximum atomic E-state index is 14.6. The summed E-state index contributed by atoms with van der Waals surface area (Å²) in [6.07, 6.45) is 2.03. The molecule has 2 aromatic carbocycles. The number of hydrogen-bond acceptors (Lipinski definition) is 2. The van der Waals surface area contributed by atoms with Gasteiger partial charge in [0.1, 0.15) is 11.6 Å². The van der Waals surface area contributed by atoms with Crippen LogP contribution in [0.2, 0.25) is 0 Å². The molecule has 1 aromatic heterocycles. The highest BCUT2D eigenvalue weighted by molar-refractivity contribution is 7.80. The van der Waals surface area contributed by atoms with Gasteiger partial charge in [-0.15, -0.1) is 0 Å². The molecule has 0 radical (unpaired) electrons. The molecular formula is C21H20FN3OS. The molecule has 0 saturated carbocycles. The molecule has 1 unspecified atom stereocenters. The number of anilines is 1. The van der Waals surface area contributed by atoms with Gasteiger partial charge in [0.15, 0.2) is 5.11 Å². The number of hydrogen-bond donors (Lipinski definition) is 1. The Balaban J connectivity index is 1.68. The van der Waals surface area contributed by atoms with Crippen LogP contribution < -0.4 is 10.1 Å². The van der Waals surface area contributed by atoms with E-state index in [0.29, 0.717) is 17.2 Å². The molecule has 138 valence electrons. The predicted molar refractivity (Wildman–Crippen MR) is 109 cm³/mol. The molecule has 3 aromatic rings. The number of halogens is 1. The Kier molecular flexibility index (Phi) is 4.81. The van der Waals surface area contributed by atoms with Crippen molar-refractivity contribution in [1.82, 2.24) is 9.47 Å². The molecule has 0 amide bonds. The lowest BCUT2D eigenvalue weighted by atomic mass is 10.00. The minimum atomic E-state index is -0.277. The molecule has 1 N–H and O–H groups in total. The van der Waals surface area contributed by atoms with Crippen LogP contribution >= 0.6 is 12.2 Å². The van der Waals surface area contributed by atoms with Gasteiger partial charge < -0.3 is 19.5 Å². The molecule has 2 heterocycles. The van der Waals surface area contributed by atoms with Crippen molar-refractivity contribution >= 4 is 23.0 Å². The third-order valence-corrected chi connectivity index (χ3v) is 5.16. The van der Waals surface area contributed by atoms with Crippen LogP contribution in [0.15, 0.2) is 66.9 Å². The predicted octanol–water partition coefficient (Wildman–Crippen LogP) is 4.44. The number of fused-ring (bicyclic) bond motifs is 1. The quantitative estimate of drug-likeness (QED) is 0.680. The van der Waals surface area contributed by atoms with Crippen molar-refractivity contribution in [3.63, 3.8) is 0 Å². The largest absolute Gasteiger partial charge is 0.497 e. The fraction of sp³-hybridized carbons (Fsp3) is 0.190. The van der Waals surface area contributed by atoms with E-state index in [2.05, 4.69) is 9.88 Å². The summed E-state index contributed by atoms with van der Waals surface area (Å²) in [6.45, 7) is 1.49. The molecule has 1 aliphatic heterocycles. The number of ether oxygens (including phenoxy) is 1. The molecule has 1 aliphatic rings. The van der Waals surface area contributed by atoms with Crippen molar-refractivity contribution in [3.8, 4) is 5.75 Å². The normalized spacial score (nSPS) is 15.9. The molecule has 0 saturated heterocycles. The van der Waals surface area contributed by atoms with Gasteiger partial charge >= 0.3 is 0 Å². The molecule has 0 bridgehead atoms. The maximum absolute atomic E-state index is 14.6. The van der Waals surface area contributed by atoms with E-state index in [1.807, 2.05) is 59.6 Å². The van der Waals surface area contributed by atoms with Gasteiger partial charge in [0, 0.05) is 42.3 Å². The van der Waals surface area contributed by atoms with Gasteiger partial charge in [0.2, 0.25) is 0 Å². The van der Waals surface area contributed by atoms with E-state index in [1.165, 1.54) is 6.07 Å². The van der Waals surface area contributed by atoms with E-state index in [1.54, 1.807) is 13.2 Å². The molecule has 27 heavy (non-hydrogen) atoms. The van der Waals surface area contributed by atoms with Gasteiger partial charge in [-0.05, 0) is 42.5 Å². The van der Waals surface area contributed by atoms with Gasteiger partial charge in [-0.3, -0.25) is 0 Å². The molecular weight excluding hydrogens is 361 g/mol. The molecule has 6 heteroatoms. The Bertz CT molecular complexity index is 971. The maximum Gasteiger partial charge on any atom is 0.174 e. The summed E-state index contributed by atoms with van der Waals surface area (Å²) in [7, 11) is 1.63. The van der Waals surface area contributed by atoms with Gasteiger partial charge in [-0.25, -0.2) is 4.39 Å². The van der Waals surface area contributed by atoms with E-state index in [-0.39, 0.29) is 11.9 Å². The smallest absolute Gasteiger partial charge is 0.174 e. The number of thiocarbonyl (C=S) groups is 1. The van der Waals surface area contributed by atoms with Crippen molar-refractivity contribution < 1.29 is 9.13 Å². The lowest BCUT2D eigenvalue weighted by Crippen LogP contribution is -2.44. The highest BCUT2D eigenvalue weighted by Gasteiger charge is 2.32. The number of rotatable bonds is 3. The van der Waals surface area contributed by atoms with E-state index >= 15 is 0 Å². The first-order chi connectivity index (χ1) is 13.2. The number of nitrogens with one attached hydrogen (secondary N) is 1. The van der Waals surface area contributed by atoms with E-state index in [4.69, 9.17) is 17.0 Å². The SMILES string of the molecule is COc1cccc(NC(=S)N2CCn3cccc3C2c2ccccc2F)c1. The summed E-state index contributed by atoms with van der Waals surface area (Å²) in [5.41, 5.74) is 2.49. The molecule has 4 nitrogen and oxygen atoms in total. The number of methoxy groups -OCH3 is 1. The summed E-state index contributed by atoms with van der Waals surface area (Å²) in [6, 6.07) is 18.2. The van der Waals surface area contributed by atoms with Crippen LogP contribution in [0.3, 0.4) is 0 Å². The third-order valence-electron chi connectivity index (χ3n) is 4.82. The zero-order valence-corrected chi connectivity index (χ0v) is 15.7. The number of aromatic nitrogens is 1. The lowest BCUT2D eigenvalue weighted by molar-refractivity contribution is 0.288. The van der Waals surface area contributed by atoms with Crippen molar-refractivity contribution in [1.29, 1.82) is 0 Å². The van der Waals surface area contributed by atoms with Crippen molar-refractivity contribution in [2.75, 3.05) is 19.0 Å². The molecule has 0 aliphatic carbocycles. The minimum absolute atomic E-state index is 0.230. The van der Waals surface area contributed by atoms with Crippen LogP contribution in [-0.2, 0) is 6.54 Å². The average Bonchev–Trinajstić information content (AvgIpc) is 3.17. The van der Waals surface area contributed by atoms with Crippen LogP contribution in [-0.4, -0.2) is 28.2 Å². The number of nitrogens with zero attached hydrogens (tertiary/aromatic N) is 2. The zero-order valence-electron chi connectivity index (χ0n) is 14.9. The Morgan fingerprint density at radius 2 is 1.96 bits per heavy atom. The lowest BCUT2D eigenvalue weighted by Gasteiger charge is -2.39. The van der Waals surface area contributed by atoms with Crippen LogP contribution in [0.4, 0.5) is 10.1 Å². The first kappa shape index (κ1) is 17.5. The highest BCUT2D eigenvalue weighted by atomic mass is 32.1. The van der Waals surface area contributed by atoms with E-state index < -0.39 is 0 Å². The van der Waals surface area contributed by atoms with Crippen LogP contribution in [0.5, 0.6) is 5.75 Å². The fourth-order valence-corrected chi connectivity index (χ4v) is 3.84. The Morgan fingerprint density at radius 3 is 2.78 bits per heavy atom. The van der Waals surface area contributed by atoms with Crippen molar-refractivity contribution in [2.24, 2.45) is 0 Å². The first-order valence-electron chi connectivity index (χ1n) is 8.78. The second kappa shape index (κ2) is 7.40. The van der Waals surface area contributed by atoms with Gasteiger partial charge in [-0.1, -0.05) is 24.3 Å². The summed E-state index contributed by atoms with van der Waals surface area (Å²) in [4.78, 5) is 2.04. The zero-order chi connectivity index (χ0) is 18.8. The summed E-state index contributed by atoms with van der Waals surface area (Å²) in [5, 5.41) is 3.83. The summed E-state index contributed by atoms with van der Waals surface area (Å²) >= 11 is 5.70. The Labute approximate surface area is 163 Å². The van der Waals surface area contributed by atoms with Crippen LogP contribution in [0.25, 0.3) is 0 Å². The van der Waals surface area contributed by atoms with E-state index in [0.717, 1.165) is 23.7 Å². The van der Waals surface area contributed by atoms with E-state index in [9.17, 15) is 4.39 Å². The third kappa shape index (κ3) is 3.40. The van der Waals surface area contributed by atoms with Crippen molar-refractivity contribution in [3.05, 3.63) is 83.9 Å². The van der Waals surface area contributed by atoms with Crippen molar-refractivity contribution in [2.45, 2.75) is 12.6 Å². The van der Waals surface area contributed by atoms with Gasteiger partial charge in [0.05, 0.1) is 13.2 Å². The monoisotopic (exact) mass is 381 g/mol. The highest BCUT2D eigenvalue weighted by Crippen LogP contribution is 2.34. The Morgan fingerprint density at radius 1 is 1.11 bits per heavy atom. The fourth-order valence-electron chi connectivity index (χ4n) is 3.52. The minimum Gasteiger partial charge on any atom is -0.497 e. The van der Waals surface area contributed by atoms with Gasteiger partial charge in [0.25, 0.3) is 0 Å². The first-order valence-corrected chi connectivity index (χ1v) is 9.19. The summed E-state index contributed by atoms with van der Waals surface area (Å²) in [5.74, 6) is 0.521.